The molecule has 1 heterocycles. The van der Waals surface area contributed by atoms with Gasteiger partial charge in [-0.2, -0.15) is 4.98 Å². The van der Waals surface area contributed by atoms with Gasteiger partial charge in [0.05, 0.1) is 12.4 Å². The first kappa shape index (κ1) is 11.9. The second kappa shape index (κ2) is 5.08. The second-order valence-corrected chi connectivity index (χ2v) is 4.70. The Morgan fingerprint density at radius 2 is 2.27 bits per heavy atom. The number of anilines is 1. The van der Waals surface area contributed by atoms with Crippen molar-refractivity contribution in [1.82, 2.24) is 15.2 Å². The number of nitrogens with zero attached hydrogens (tertiary/aromatic N) is 2. The minimum atomic E-state index is -3.41. The number of aromatic nitrogens is 3. The summed E-state index contributed by atoms with van der Waals surface area (Å²) in [5.41, 5.74) is 0. The smallest absolute Gasteiger partial charge is 0.255 e. The van der Waals surface area contributed by atoms with Crippen molar-refractivity contribution in [3.8, 4) is 0 Å². The van der Waals surface area contributed by atoms with Crippen molar-refractivity contribution < 1.29 is 13.2 Å². The molecule has 0 radical (unpaired) electrons. The summed E-state index contributed by atoms with van der Waals surface area (Å²) in [6.45, 7) is 4.15. The maximum atomic E-state index is 11.4. The van der Waals surface area contributed by atoms with Crippen LogP contribution >= 0.6 is 0 Å². The van der Waals surface area contributed by atoms with E-state index >= 15 is 0 Å². The second-order valence-electron chi connectivity index (χ2n) is 2.86. The number of aromatic amines is 1. The zero-order chi connectivity index (χ0) is 11.3. The van der Waals surface area contributed by atoms with E-state index in [0.717, 1.165) is 0 Å². The van der Waals surface area contributed by atoms with E-state index in [0.29, 0.717) is 12.4 Å². The van der Waals surface area contributed by atoms with Crippen LogP contribution in [0, 0.1) is 6.92 Å². The molecule has 1 rings (SSSR count). The van der Waals surface area contributed by atoms with E-state index in [2.05, 4.69) is 19.9 Å². The summed E-state index contributed by atoms with van der Waals surface area (Å²) in [5.74, 6) is 0.510. The molecule has 0 aliphatic heterocycles. The SMILES string of the molecule is CCOCCS(=O)(=O)Nc1n[nH]c(C)n1. The lowest BCUT2D eigenvalue weighted by molar-refractivity contribution is 0.163. The van der Waals surface area contributed by atoms with E-state index in [9.17, 15) is 8.42 Å². The Balaban J connectivity index is 2.49. The summed E-state index contributed by atoms with van der Waals surface area (Å²) >= 11 is 0. The maximum absolute atomic E-state index is 11.4. The Morgan fingerprint density at radius 3 is 2.80 bits per heavy atom. The van der Waals surface area contributed by atoms with Crippen LogP contribution in [-0.2, 0) is 14.8 Å². The lowest BCUT2D eigenvalue weighted by Gasteiger charge is -2.03. The third kappa shape index (κ3) is 4.26. The summed E-state index contributed by atoms with van der Waals surface area (Å²) in [5, 5.41) is 6.20. The van der Waals surface area contributed by atoms with Crippen LogP contribution < -0.4 is 4.72 Å². The molecule has 7 nitrogen and oxygen atoms in total. The first-order valence-corrected chi connectivity index (χ1v) is 6.16. The summed E-state index contributed by atoms with van der Waals surface area (Å²) in [7, 11) is -3.41. The third-order valence-electron chi connectivity index (χ3n) is 1.54. The van der Waals surface area contributed by atoms with Crippen LogP contribution in [0.5, 0.6) is 0 Å². The fourth-order valence-corrected chi connectivity index (χ4v) is 1.70. The molecule has 1 aromatic rings. The Labute approximate surface area is 88.3 Å². The first-order chi connectivity index (χ1) is 7.03. The van der Waals surface area contributed by atoms with Crippen molar-refractivity contribution in [1.29, 1.82) is 0 Å². The van der Waals surface area contributed by atoms with Gasteiger partial charge in [-0.15, -0.1) is 5.10 Å². The van der Waals surface area contributed by atoms with Gasteiger partial charge in [0.1, 0.15) is 5.82 Å². The van der Waals surface area contributed by atoms with Crippen LogP contribution in [0.25, 0.3) is 0 Å². The van der Waals surface area contributed by atoms with Crippen LogP contribution in [-0.4, -0.2) is 42.6 Å². The Kier molecular flexibility index (Phi) is 4.04. The van der Waals surface area contributed by atoms with Gasteiger partial charge in [-0.1, -0.05) is 0 Å². The molecule has 0 aliphatic rings. The number of rotatable bonds is 6. The van der Waals surface area contributed by atoms with Crippen LogP contribution in [0.4, 0.5) is 5.95 Å². The highest BCUT2D eigenvalue weighted by Gasteiger charge is 2.12. The minimum Gasteiger partial charge on any atom is -0.381 e. The zero-order valence-corrected chi connectivity index (χ0v) is 9.47. The minimum absolute atomic E-state index is 0.0593. The van der Waals surface area contributed by atoms with E-state index in [1.807, 2.05) is 0 Å². The maximum Gasteiger partial charge on any atom is 0.255 e. The fraction of sp³-hybridized carbons (Fsp3) is 0.714. The van der Waals surface area contributed by atoms with Crippen molar-refractivity contribution >= 4 is 16.0 Å². The van der Waals surface area contributed by atoms with Gasteiger partial charge in [0.25, 0.3) is 5.95 Å². The first-order valence-electron chi connectivity index (χ1n) is 4.51. The molecule has 0 unspecified atom stereocenters. The number of ether oxygens (including phenoxy) is 1. The molecule has 0 amide bonds. The van der Waals surface area contributed by atoms with Crippen LogP contribution in [0.3, 0.4) is 0 Å². The number of hydrogen-bond acceptors (Lipinski definition) is 5. The van der Waals surface area contributed by atoms with Gasteiger partial charge in [0.2, 0.25) is 10.0 Å². The van der Waals surface area contributed by atoms with Crippen molar-refractivity contribution in [3.63, 3.8) is 0 Å². The fourth-order valence-electron chi connectivity index (χ4n) is 0.891. The van der Waals surface area contributed by atoms with Crippen LogP contribution in [0.15, 0.2) is 0 Å². The number of sulfonamides is 1. The molecule has 0 bridgehead atoms. The van der Waals surface area contributed by atoms with Crippen molar-refractivity contribution in [2.75, 3.05) is 23.7 Å². The van der Waals surface area contributed by atoms with E-state index in [1.54, 1.807) is 13.8 Å². The van der Waals surface area contributed by atoms with Crippen molar-refractivity contribution in [3.05, 3.63) is 5.82 Å². The molecule has 0 atom stereocenters. The van der Waals surface area contributed by atoms with Gasteiger partial charge in [0.15, 0.2) is 0 Å². The molecule has 0 saturated heterocycles. The average Bonchev–Trinajstić information content (AvgIpc) is 2.50. The predicted molar refractivity (Wildman–Crippen MR) is 55.0 cm³/mol. The highest BCUT2D eigenvalue weighted by atomic mass is 32.2. The molecule has 1 aromatic heterocycles. The Morgan fingerprint density at radius 1 is 1.53 bits per heavy atom. The zero-order valence-electron chi connectivity index (χ0n) is 8.65. The molecule has 0 saturated carbocycles. The Bertz CT molecular complexity index is 400. The Hall–Kier alpha value is -1.15. The normalized spacial score (nSPS) is 11.6. The number of hydrogen-bond donors (Lipinski definition) is 2. The quantitative estimate of drug-likeness (QED) is 0.669. The third-order valence-corrected chi connectivity index (χ3v) is 2.74. The van der Waals surface area contributed by atoms with Gasteiger partial charge >= 0.3 is 0 Å². The molecule has 0 aromatic carbocycles. The van der Waals surface area contributed by atoms with Gasteiger partial charge in [-0.25, -0.2) is 13.1 Å². The lowest BCUT2D eigenvalue weighted by atomic mass is 10.8. The molecule has 0 spiro atoms. The monoisotopic (exact) mass is 234 g/mol. The van der Waals surface area contributed by atoms with E-state index in [1.165, 1.54) is 0 Å². The molecule has 0 aliphatic carbocycles. The number of H-pyrrole nitrogens is 1. The predicted octanol–water partition coefficient (Wildman–Crippen LogP) is -0.109. The van der Waals surface area contributed by atoms with E-state index < -0.39 is 10.0 Å². The molecular formula is C7H14N4O3S. The van der Waals surface area contributed by atoms with Crippen molar-refractivity contribution in [2.45, 2.75) is 13.8 Å². The van der Waals surface area contributed by atoms with Gasteiger partial charge in [-0.3, -0.25) is 5.10 Å². The lowest BCUT2D eigenvalue weighted by Crippen LogP contribution is -2.20. The molecule has 2 N–H and O–H groups in total. The summed E-state index contributed by atoms with van der Waals surface area (Å²) in [6, 6.07) is 0. The highest BCUT2D eigenvalue weighted by molar-refractivity contribution is 7.92. The van der Waals surface area contributed by atoms with E-state index in [-0.39, 0.29) is 18.3 Å². The standard InChI is InChI=1S/C7H14N4O3S/c1-3-14-4-5-15(12,13)11-7-8-6(2)9-10-7/h3-5H2,1-2H3,(H2,8,9,10,11). The van der Waals surface area contributed by atoms with Gasteiger partial charge < -0.3 is 4.74 Å². The molecule has 0 fully saturated rings. The van der Waals surface area contributed by atoms with Crippen molar-refractivity contribution in [2.24, 2.45) is 0 Å². The van der Waals surface area contributed by atoms with Gasteiger partial charge in [0, 0.05) is 6.61 Å². The molecule has 15 heavy (non-hydrogen) atoms. The molecular weight excluding hydrogens is 220 g/mol. The largest absolute Gasteiger partial charge is 0.381 e. The summed E-state index contributed by atoms with van der Waals surface area (Å²) < 4.78 is 30.0. The number of aryl methyl sites for hydroxylation is 1. The summed E-state index contributed by atoms with van der Waals surface area (Å²) in [6.07, 6.45) is 0. The topological polar surface area (TPSA) is 97.0 Å². The molecule has 86 valence electrons. The van der Waals surface area contributed by atoms with Crippen LogP contribution in [0.1, 0.15) is 12.7 Å². The van der Waals surface area contributed by atoms with E-state index in [4.69, 9.17) is 4.74 Å². The van der Waals surface area contributed by atoms with Crippen LogP contribution in [0.2, 0.25) is 0 Å². The average molecular weight is 234 g/mol. The molecule has 8 heteroatoms. The highest BCUT2D eigenvalue weighted by Crippen LogP contribution is 2.01. The number of nitrogens with one attached hydrogen (secondary N) is 2. The van der Waals surface area contributed by atoms with Gasteiger partial charge in [-0.05, 0) is 13.8 Å². The summed E-state index contributed by atoms with van der Waals surface area (Å²) in [4.78, 5) is 3.83.